The van der Waals surface area contributed by atoms with Crippen molar-refractivity contribution in [3.63, 3.8) is 0 Å². The minimum atomic E-state index is 0.876. The first-order valence-corrected chi connectivity index (χ1v) is 7.31. The zero-order valence-electron chi connectivity index (χ0n) is 12.2. The summed E-state index contributed by atoms with van der Waals surface area (Å²) in [5, 5.41) is 3.40. The molecule has 1 aromatic rings. The van der Waals surface area contributed by atoms with E-state index in [1.165, 1.54) is 24.1 Å². The van der Waals surface area contributed by atoms with Gasteiger partial charge in [-0.15, -0.1) is 0 Å². The monoisotopic (exact) mass is 259 g/mol. The first kappa shape index (κ1) is 14.2. The molecule has 1 aliphatic rings. The maximum atomic E-state index is 4.74. The van der Waals surface area contributed by atoms with E-state index in [2.05, 4.69) is 48.3 Å². The zero-order valence-corrected chi connectivity index (χ0v) is 12.2. The van der Waals surface area contributed by atoms with Crippen molar-refractivity contribution in [3.8, 4) is 0 Å². The van der Waals surface area contributed by atoms with E-state index < -0.39 is 0 Å². The molecule has 104 valence electrons. The van der Waals surface area contributed by atoms with E-state index in [1.807, 2.05) is 0 Å². The minimum Gasteiger partial charge on any atom is -0.311 e. The van der Waals surface area contributed by atoms with Crippen molar-refractivity contribution in [1.29, 1.82) is 0 Å². The molecule has 0 fully saturated rings. The van der Waals surface area contributed by atoms with Gasteiger partial charge < -0.3 is 5.32 Å². The summed E-state index contributed by atoms with van der Waals surface area (Å²) in [5.41, 5.74) is 3.81. The molecule has 2 heterocycles. The average molecular weight is 259 g/mol. The van der Waals surface area contributed by atoms with Gasteiger partial charge in [0.25, 0.3) is 0 Å². The second kappa shape index (κ2) is 7.41. The number of nitrogens with zero attached hydrogens (tertiary/aromatic N) is 2. The van der Waals surface area contributed by atoms with Gasteiger partial charge in [-0.3, -0.25) is 9.88 Å². The van der Waals surface area contributed by atoms with Crippen LogP contribution in [0, 0.1) is 0 Å². The van der Waals surface area contributed by atoms with Gasteiger partial charge in [-0.05, 0) is 38.4 Å². The summed E-state index contributed by atoms with van der Waals surface area (Å²) in [4.78, 5) is 7.21. The van der Waals surface area contributed by atoms with E-state index in [0.717, 1.165) is 38.4 Å². The van der Waals surface area contributed by atoms with Gasteiger partial charge in [-0.2, -0.15) is 0 Å². The summed E-state index contributed by atoms with van der Waals surface area (Å²) in [6.45, 7) is 9.53. The van der Waals surface area contributed by atoms with Crippen LogP contribution in [-0.4, -0.2) is 29.5 Å². The lowest BCUT2D eigenvalue weighted by Crippen LogP contribution is -2.29. The first-order chi connectivity index (χ1) is 9.28. The molecule has 0 aliphatic carbocycles. The van der Waals surface area contributed by atoms with E-state index in [0.29, 0.717) is 0 Å². The predicted molar refractivity (Wildman–Crippen MR) is 79.9 cm³/mol. The van der Waals surface area contributed by atoms with E-state index >= 15 is 0 Å². The Balaban J connectivity index is 1.89. The molecule has 0 aromatic carbocycles. The van der Waals surface area contributed by atoms with Gasteiger partial charge in [-0.1, -0.05) is 24.6 Å². The summed E-state index contributed by atoms with van der Waals surface area (Å²) in [6, 6.07) is 6.36. The van der Waals surface area contributed by atoms with Gasteiger partial charge in [0.2, 0.25) is 0 Å². The van der Waals surface area contributed by atoms with Crippen LogP contribution in [0.15, 0.2) is 29.8 Å². The van der Waals surface area contributed by atoms with Gasteiger partial charge in [0.05, 0.1) is 11.4 Å². The fraction of sp³-hybridized carbons (Fsp3) is 0.562. The zero-order chi connectivity index (χ0) is 13.5. The Morgan fingerprint density at radius 2 is 2.16 bits per heavy atom. The van der Waals surface area contributed by atoms with Crippen molar-refractivity contribution in [2.24, 2.45) is 0 Å². The van der Waals surface area contributed by atoms with Crippen LogP contribution in [0.2, 0.25) is 0 Å². The number of rotatable bonds is 6. The standard InChI is InChI=1S/C16H25N3/c1-3-9-17-11-15-7-4-8-16(18-15)13-19-10-5-6-14(2)12-19/h4,6-8,17H,3,5,9-13H2,1-2H3. The van der Waals surface area contributed by atoms with Gasteiger partial charge in [0, 0.05) is 26.2 Å². The van der Waals surface area contributed by atoms with Gasteiger partial charge in [0.15, 0.2) is 0 Å². The SMILES string of the molecule is CCCNCc1cccc(CN2CCC=C(C)C2)n1. The van der Waals surface area contributed by atoms with Crippen LogP contribution >= 0.6 is 0 Å². The summed E-state index contributed by atoms with van der Waals surface area (Å²) >= 11 is 0. The van der Waals surface area contributed by atoms with Crippen molar-refractivity contribution in [1.82, 2.24) is 15.2 Å². The summed E-state index contributed by atoms with van der Waals surface area (Å²) in [5.74, 6) is 0. The molecule has 2 rings (SSSR count). The summed E-state index contributed by atoms with van der Waals surface area (Å²) < 4.78 is 0. The van der Waals surface area contributed by atoms with Crippen molar-refractivity contribution >= 4 is 0 Å². The third-order valence-corrected chi connectivity index (χ3v) is 3.39. The largest absolute Gasteiger partial charge is 0.311 e. The maximum absolute atomic E-state index is 4.74. The van der Waals surface area contributed by atoms with Crippen molar-refractivity contribution in [2.75, 3.05) is 19.6 Å². The molecule has 0 spiro atoms. The second-order valence-corrected chi connectivity index (χ2v) is 5.35. The molecule has 1 aliphatic heterocycles. The highest BCUT2D eigenvalue weighted by Gasteiger charge is 2.11. The number of pyridine rings is 1. The number of hydrogen-bond donors (Lipinski definition) is 1. The predicted octanol–water partition coefficient (Wildman–Crippen LogP) is 2.73. The summed E-state index contributed by atoms with van der Waals surface area (Å²) in [7, 11) is 0. The Morgan fingerprint density at radius 3 is 2.95 bits per heavy atom. The topological polar surface area (TPSA) is 28.2 Å². The Hall–Kier alpha value is -1.19. The molecular formula is C16H25N3. The van der Waals surface area contributed by atoms with Crippen LogP contribution in [0.1, 0.15) is 38.1 Å². The van der Waals surface area contributed by atoms with Crippen molar-refractivity contribution in [3.05, 3.63) is 41.2 Å². The molecule has 0 saturated heterocycles. The average Bonchev–Trinajstić information content (AvgIpc) is 2.39. The quantitative estimate of drug-likeness (QED) is 0.629. The first-order valence-electron chi connectivity index (χ1n) is 7.31. The van der Waals surface area contributed by atoms with Crippen LogP contribution in [0.25, 0.3) is 0 Å². The van der Waals surface area contributed by atoms with E-state index in [-0.39, 0.29) is 0 Å². The van der Waals surface area contributed by atoms with E-state index in [4.69, 9.17) is 4.98 Å². The molecule has 3 nitrogen and oxygen atoms in total. The van der Waals surface area contributed by atoms with E-state index in [1.54, 1.807) is 0 Å². The van der Waals surface area contributed by atoms with Crippen LogP contribution in [0.3, 0.4) is 0 Å². The fourth-order valence-electron chi connectivity index (χ4n) is 2.46. The Labute approximate surface area is 116 Å². The third kappa shape index (κ3) is 4.77. The van der Waals surface area contributed by atoms with Gasteiger partial charge in [0.1, 0.15) is 0 Å². The van der Waals surface area contributed by atoms with Crippen LogP contribution in [0.5, 0.6) is 0 Å². The van der Waals surface area contributed by atoms with Crippen LogP contribution in [-0.2, 0) is 13.1 Å². The maximum Gasteiger partial charge on any atom is 0.0548 e. The highest BCUT2D eigenvalue weighted by molar-refractivity contribution is 5.12. The van der Waals surface area contributed by atoms with Gasteiger partial charge >= 0.3 is 0 Å². The van der Waals surface area contributed by atoms with Crippen molar-refractivity contribution in [2.45, 2.75) is 39.8 Å². The lowest BCUT2D eigenvalue weighted by atomic mass is 10.1. The molecule has 19 heavy (non-hydrogen) atoms. The Bertz CT molecular complexity index is 426. The van der Waals surface area contributed by atoms with Gasteiger partial charge in [-0.25, -0.2) is 0 Å². The van der Waals surface area contributed by atoms with Crippen LogP contribution in [0.4, 0.5) is 0 Å². The molecule has 1 N–H and O–H groups in total. The molecular weight excluding hydrogens is 234 g/mol. The molecule has 0 atom stereocenters. The molecule has 0 saturated carbocycles. The lowest BCUT2D eigenvalue weighted by molar-refractivity contribution is 0.279. The third-order valence-electron chi connectivity index (χ3n) is 3.39. The Morgan fingerprint density at radius 1 is 1.32 bits per heavy atom. The number of hydrogen-bond acceptors (Lipinski definition) is 3. The smallest absolute Gasteiger partial charge is 0.0548 e. The molecule has 0 bridgehead atoms. The van der Waals surface area contributed by atoms with Crippen LogP contribution < -0.4 is 5.32 Å². The highest BCUT2D eigenvalue weighted by atomic mass is 15.1. The fourth-order valence-corrected chi connectivity index (χ4v) is 2.46. The molecule has 0 radical (unpaired) electrons. The summed E-state index contributed by atoms with van der Waals surface area (Å²) in [6.07, 6.45) is 4.68. The number of nitrogens with one attached hydrogen (secondary N) is 1. The second-order valence-electron chi connectivity index (χ2n) is 5.35. The molecule has 1 aromatic heterocycles. The van der Waals surface area contributed by atoms with Crippen molar-refractivity contribution < 1.29 is 0 Å². The lowest BCUT2D eigenvalue weighted by Gasteiger charge is -2.25. The number of aromatic nitrogens is 1. The minimum absolute atomic E-state index is 0.876. The molecule has 3 heteroatoms. The molecule has 0 unspecified atom stereocenters. The Kier molecular flexibility index (Phi) is 5.55. The highest BCUT2D eigenvalue weighted by Crippen LogP contribution is 2.12. The van der Waals surface area contributed by atoms with E-state index in [9.17, 15) is 0 Å². The molecule has 0 amide bonds. The normalized spacial score (nSPS) is 16.4.